The van der Waals surface area contributed by atoms with Crippen molar-refractivity contribution >= 4 is 0 Å². The van der Waals surface area contributed by atoms with Crippen LogP contribution >= 0.6 is 0 Å². The molecule has 2 rings (SSSR count). The first-order valence-electron chi connectivity index (χ1n) is 7.92. The number of hydrogen-bond acceptors (Lipinski definition) is 2. The van der Waals surface area contributed by atoms with Gasteiger partial charge in [0.2, 0.25) is 0 Å². The maximum atomic E-state index is 4.22. The second-order valence-electron chi connectivity index (χ2n) is 5.89. The molecule has 1 aromatic heterocycles. The van der Waals surface area contributed by atoms with E-state index >= 15 is 0 Å². The molecule has 0 radical (unpaired) electrons. The number of nitrogens with zero attached hydrogens (tertiary/aromatic N) is 1. The summed E-state index contributed by atoms with van der Waals surface area (Å²) in [4.78, 5) is 4.22. The molecule has 0 saturated heterocycles. The molecule has 1 atom stereocenters. The zero-order chi connectivity index (χ0) is 15.1. The fraction of sp³-hybridized carbons (Fsp3) is 0.421. The van der Waals surface area contributed by atoms with Gasteiger partial charge in [-0.05, 0) is 48.1 Å². The molecule has 0 aliphatic carbocycles. The van der Waals surface area contributed by atoms with E-state index in [0.717, 1.165) is 19.4 Å². The third-order valence-corrected chi connectivity index (χ3v) is 3.81. The third-order valence-electron chi connectivity index (χ3n) is 3.81. The summed E-state index contributed by atoms with van der Waals surface area (Å²) < 4.78 is 0. The molecule has 0 spiro atoms. The summed E-state index contributed by atoms with van der Waals surface area (Å²) >= 11 is 0. The zero-order valence-corrected chi connectivity index (χ0v) is 13.3. The quantitative estimate of drug-likeness (QED) is 0.809. The fourth-order valence-electron chi connectivity index (χ4n) is 2.49. The van der Waals surface area contributed by atoms with Gasteiger partial charge in [-0.25, -0.2) is 0 Å². The molecule has 0 aliphatic rings. The lowest BCUT2D eigenvalue weighted by molar-refractivity contribution is 0.528. The Labute approximate surface area is 128 Å². The van der Waals surface area contributed by atoms with Crippen LogP contribution in [0.15, 0.2) is 48.8 Å². The standard InChI is InChI=1S/C19H26N2/c1-4-11-21-19(13-16-6-5-12-20-14-16)18-9-7-17(8-10-18)15(2)3/h5-10,12,14-15,19,21H,4,11,13H2,1-3H3. The maximum Gasteiger partial charge on any atom is 0.0361 e. The summed E-state index contributed by atoms with van der Waals surface area (Å²) in [7, 11) is 0. The van der Waals surface area contributed by atoms with Gasteiger partial charge in [0.25, 0.3) is 0 Å². The van der Waals surface area contributed by atoms with Crippen molar-refractivity contribution in [2.75, 3.05) is 6.54 Å². The summed E-state index contributed by atoms with van der Waals surface area (Å²) in [5.41, 5.74) is 4.03. The Balaban J connectivity index is 2.14. The van der Waals surface area contributed by atoms with E-state index in [9.17, 15) is 0 Å². The molecule has 0 bridgehead atoms. The summed E-state index contributed by atoms with van der Waals surface area (Å²) in [5, 5.41) is 3.66. The van der Waals surface area contributed by atoms with Gasteiger partial charge < -0.3 is 5.32 Å². The highest BCUT2D eigenvalue weighted by molar-refractivity contribution is 5.28. The Bertz CT molecular complexity index is 517. The minimum absolute atomic E-state index is 0.357. The molecule has 112 valence electrons. The summed E-state index contributed by atoms with van der Waals surface area (Å²) in [6.07, 6.45) is 5.92. The second kappa shape index (κ2) is 7.94. The van der Waals surface area contributed by atoms with Gasteiger partial charge in [0.1, 0.15) is 0 Å². The van der Waals surface area contributed by atoms with Crippen LogP contribution in [0, 0.1) is 0 Å². The Hall–Kier alpha value is -1.67. The van der Waals surface area contributed by atoms with Crippen molar-refractivity contribution in [2.24, 2.45) is 0 Å². The van der Waals surface area contributed by atoms with E-state index in [1.807, 2.05) is 18.5 Å². The van der Waals surface area contributed by atoms with Gasteiger partial charge in [-0.2, -0.15) is 0 Å². The van der Waals surface area contributed by atoms with Gasteiger partial charge >= 0.3 is 0 Å². The molecule has 0 amide bonds. The lowest BCUT2D eigenvalue weighted by atomic mass is 9.96. The monoisotopic (exact) mass is 282 g/mol. The third kappa shape index (κ3) is 4.68. The lowest BCUT2D eigenvalue weighted by Gasteiger charge is -2.20. The SMILES string of the molecule is CCCNC(Cc1cccnc1)c1ccc(C(C)C)cc1. The Morgan fingerprint density at radius 3 is 2.33 bits per heavy atom. The van der Waals surface area contributed by atoms with Crippen molar-refractivity contribution in [3.05, 3.63) is 65.5 Å². The summed E-state index contributed by atoms with van der Waals surface area (Å²) in [6.45, 7) is 7.71. The normalized spacial score (nSPS) is 12.6. The predicted octanol–water partition coefficient (Wildman–Crippen LogP) is 4.49. The molecule has 2 nitrogen and oxygen atoms in total. The molecule has 21 heavy (non-hydrogen) atoms. The minimum Gasteiger partial charge on any atom is -0.310 e. The van der Waals surface area contributed by atoms with Crippen LogP contribution in [-0.4, -0.2) is 11.5 Å². The van der Waals surface area contributed by atoms with E-state index in [0.29, 0.717) is 12.0 Å². The van der Waals surface area contributed by atoms with Crippen LogP contribution in [0.5, 0.6) is 0 Å². The number of benzene rings is 1. The van der Waals surface area contributed by atoms with Crippen LogP contribution in [0.2, 0.25) is 0 Å². The van der Waals surface area contributed by atoms with Crippen LogP contribution in [0.25, 0.3) is 0 Å². The van der Waals surface area contributed by atoms with Gasteiger partial charge in [-0.15, -0.1) is 0 Å². The molecule has 1 aromatic carbocycles. The smallest absolute Gasteiger partial charge is 0.0361 e. The predicted molar refractivity (Wildman–Crippen MR) is 89.5 cm³/mol. The molecular formula is C19H26N2. The van der Waals surface area contributed by atoms with Crippen LogP contribution in [0.1, 0.15) is 55.8 Å². The van der Waals surface area contributed by atoms with E-state index < -0.39 is 0 Å². The van der Waals surface area contributed by atoms with E-state index in [4.69, 9.17) is 0 Å². The molecule has 0 saturated carbocycles. The topological polar surface area (TPSA) is 24.9 Å². The summed E-state index contributed by atoms with van der Waals surface area (Å²) in [5.74, 6) is 0.583. The molecule has 1 N–H and O–H groups in total. The molecule has 0 fully saturated rings. The van der Waals surface area contributed by atoms with Crippen molar-refractivity contribution in [3.63, 3.8) is 0 Å². The first-order valence-corrected chi connectivity index (χ1v) is 7.92. The zero-order valence-electron chi connectivity index (χ0n) is 13.3. The number of hydrogen-bond donors (Lipinski definition) is 1. The van der Waals surface area contributed by atoms with E-state index in [2.05, 4.69) is 61.4 Å². The molecule has 2 aromatic rings. The number of nitrogens with one attached hydrogen (secondary N) is 1. The Kier molecular flexibility index (Phi) is 5.94. The Morgan fingerprint density at radius 2 is 1.76 bits per heavy atom. The summed E-state index contributed by atoms with van der Waals surface area (Å²) in [6, 6.07) is 13.5. The van der Waals surface area contributed by atoms with E-state index in [1.54, 1.807) is 0 Å². The average molecular weight is 282 g/mol. The first kappa shape index (κ1) is 15.7. The van der Waals surface area contributed by atoms with Crippen molar-refractivity contribution < 1.29 is 0 Å². The first-order chi connectivity index (χ1) is 10.2. The van der Waals surface area contributed by atoms with Crippen molar-refractivity contribution in [3.8, 4) is 0 Å². The van der Waals surface area contributed by atoms with Crippen LogP contribution in [0.4, 0.5) is 0 Å². The largest absolute Gasteiger partial charge is 0.310 e. The van der Waals surface area contributed by atoms with Crippen LogP contribution in [0.3, 0.4) is 0 Å². The average Bonchev–Trinajstić information content (AvgIpc) is 2.52. The lowest BCUT2D eigenvalue weighted by Crippen LogP contribution is -2.24. The van der Waals surface area contributed by atoms with Crippen molar-refractivity contribution in [1.82, 2.24) is 10.3 Å². The molecule has 1 heterocycles. The van der Waals surface area contributed by atoms with Crippen molar-refractivity contribution in [2.45, 2.75) is 45.6 Å². The number of pyridine rings is 1. The highest BCUT2D eigenvalue weighted by Crippen LogP contribution is 2.21. The second-order valence-corrected chi connectivity index (χ2v) is 5.89. The Morgan fingerprint density at radius 1 is 1.05 bits per heavy atom. The van der Waals surface area contributed by atoms with E-state index in [-0.39, 0.29) is 0 Å². The van der Waals surface area contributed by atoms with Crippen molar-refractivity contribution in [1.29, 1.82) is 0 Å². The highest BCUT2D eigenvalue weighted by atomic mass is 14.9. The number of aromatic nitrogens is 1. The molecule has 1 unspecified atom stereocenters. The van der Waals surface area contributed by atoms with Crippen LogP contribution in [-0.2, 0) is 6.42 Å². The number of rotatable bonds is 7. The van der Waals surface area contributed by atoms with Gasteiger partial charge in [-0.1, -0.05) is 51.1 Å². The highest BCUT2D eigenvalue weighted by Gasteiger charge is 2.12. The molecule has 2 heteroatoms. The van der Waals surface area contributed by atoms with Crippen LogP contribution < -0.4 is 5.32 Å². The van der Waals surface area contributed by atoms with Gasteiger partial charge in [0, 0.05) is 18.4 Å². The van der Waals surface area contributed by atoms with E-state index in [1.165, 1.54) is 16.7 Å². The molecular weight excluding hydrogens is 256 g/mol. The molecule has 0 aliphatic heterocycles. The maximum absolute atomic E-state index is 4.22. The van der Waals surface area contributed by atoms with Gasteiger partial charge in [0.05, 0.1) is 0 Å². The fourth-order valence-corrected chi connectivity index (χ4v) is 2.49. The van der Waals surface area contributed by atoms with Gasteiger partial charge in [0.15, 0.2) is 0 Å². The van der Waals surface area contributed by atoms with Gasteiger partial charge in [-0.3, -0.25) is 4.98 Å². The minimum atomic E-state index is 0.357.